The van der Waals surface area contributed by atoms with Crippen LogP contribution in [0.2, 0.25) is 0 Å². The Labute approximate surface area is 269 Å². The van der Waals surface area contributed by atoms with Gasteiger partial charge in [-0.25, -0.2) is 19.9 Å². The molecule has 0 aliphatic heterocycles. The van der Waals surface area contributed by atoms with Gasteiger partial charge >= 0.3 is 0 Å². The molecule has 0 saturated carbocycles. The molecule has 0 aliphatic carbocycles. The maximum absolute atomic E-state index is 14.1. The quantitative estimate of drug-likeness (QED) is 0.184. The summed E-state index contributed by atoms with van der Waals surface area (Å²) in [7, 11) is 0. The number of benzene rings is 6. The van der Waals surface area contributed by atoms with Crippen LogP contribution in [-0.2, 0) is 0 Å². The SMILES string of the molecule is O=c1c2ccccc2c2cccc3nc(-c4ccccc4-c4ccccc4-c4nc(-c5ccccc5)nc(-c5ccccc5)n4)n1c32. The average Bonchev–Trinajstić information content (AvgIpc) is 3.55. The summed E-state index contributed by atoms with van der Waals surface area (Å²) in [6.45, 7) is 0. The first kappa shape index (κ1) is 26.8. The summed E-state index contributed by atoms with van der Waals surface area (Å²) >= 11 is 0. The number of para-hydroxylation sites is 1. The van der Waals surface area contributed by atoms with E-state index in [0.717, 1.165) is 55.2 Å². The first-order valence-electron chi connectivity index (χ1n) is 15.5. The second-order valence-corrected chi connectivity index (χ2v) is 11.4. The van der Waals surface area contributed by atoms with Gasteiger partial charge in [0.1, 0.15) is 5.82 Å². The highest BCUT2D eigenvalue weighted by atomic mass is 16.1. The third-order valence-electron chi connectivity index (χ3n) is 8.65. The first-order chi connectivity index (χ1) is 23.2. The summed E-state index contributed by atoms with van der Waals surface area (Å²) in [4.78, 5) is 34.1. The Bertz CT molecular complexity index is 2590. The molecule has 9 rings (SSSR count). The highest BCUT2D eigenvalue weighted by Crippen LogP contribution is 2.39. The second-order valence-electron chi connectivity index (χ2n) is 11.4. The minimum Gasteiger partial charge on any atom is -0.268 e. The van der Waals surface area contributed by atoms with Gasteiger partial charge in [0, 0.05) is 33.0 Å². The van der Waals surface area contributed by atoms with E-state index < -0.39 is 0 Å². The highest BCUT2D eigenvalue weighted by Gasteiger charge is 2.22. The zero-order chi connectivity index (χ0) is 31.3. The van der Waals surface area contributed by atoms with E-state index in [2.05, 4.69) is 18.2 Å². The Morgan fingerprint density at radius 3 is 1.53 bits per heavy atom. The monoisotopic (exact) mass is 603 g/mol. The van der Waals surface area contributed by atoms with E-state index in [4.69, 9.17) is 19.9 Å². The number of nitrogens with zero attached hydrogens (tertiary/aromatic N) is 5. The molecule has 3 heterocycles. The van der Waals surface area contributed by atoms with E-state index in [1.807, 2.05) is 133 Å². The molecule has 0 amide bonds. The lowest BCUT2D eigenvalue weighted by Gasteiger charge is -2.14. The van der Waals surface area contributed by atoms with Gasteiger partial charge in [-0.2, -0.15) is 0 Å². The lowest BCUT2D eigenvalue weighted by atomic mass is 9.94. The first-order valence-corrected chi connectivity index (χ1v) is 15.5. The molecule has 220 valence electrons. The number of rotatable bonds is 5. The maximum Gasteiger partial charge on any atom is 0.264 e. The van der Waals surface area contributed by atoms with E-state index in [1.165, 1.54) is 0 Å². The summed E-state index contributed by atoms with van der Waals surface area (Å²) in [5, 5.41) is 2.59. The smallest absolute Gasteiger partial charge is 0.264 e. The third-order valence-corrected chi connectivity index (χ3v) is 8.65. The fourth-order valence-corrected chi connectivity index (χ4v) is 6.50. The molecule has 0 spiro atoms. The highest BCUT2D eigenvalue weighted by molar-refractivity contribution is 6.11. The van der Waals surface area contributed by atoms with Gasteiger partial charge < -0.3 is 0 Å². The Morgan fingerprint density at radius 2 is 0.872 bits per heavy atom. The van der Waals surface area contributed by atoms with Crippen molar-refractivity contribution in [2.75, 3.05) is 0 Å². The van der Waals surface area contributed by atoms with Crippen molar-refractivity contribution in [3.63, 3.8) is 0 Å². The second kappa shape index (κ2) is 10.8. The summed E-state index contributed by atoms with van der Waals surface area (Å²) in [6.07, 6.45) is 0. The molecule has 0 saturated heterocycles. The van der Waals surface area contributed by atoms with Gasteiger partial charge in [-0.3, -0.25) is 9.20 Å². The number of hydrogen-bond acceptors (Lipinski definition) is 5. The van der Waals surface area contributed by atoms with Gasteiger partial charge in [0.25, 0.3) is 5.56 Å². The summed E-state index contributed by atoms with van der Waals surface area (Å²) < 4.78 is 1.78. The van der Waals surface area contributed by atoms with Crippen LogP contribution in [0.4, 0.5) is 0 Å². The van der Waals surface area contributed by atoms with E-state index in [1.54, 1.807) is 4.40 Å². The molecular weight excluding hydrogens is 578 g/mol. The van der Waals surface area contributed by atoms with Crippen molar-refractivity contribution in [1.82, 2.24) is 24.3 Å². The Kier molecular flexibility index (Phi) is 6.18. The Hall–Kier alpha value is -6.53. The molecule has 0 atom stereocenters. The molecule has 0 unspecified atom stereocenters. The van der Waals surface area contributed by atoms with Crippen molar-refractivity contribution >= 4 is 27.2 Å². The number of imidazole rings is 1. The van der Waals surface area contributed by atoms with E-state index in [9.17, 15) is 4.79 Å². The molecular formula is C41H25N5O. The van der Waals surface area contributed by atoms with Crippen LogP contribution in [0.15, 0.2) is 156 Å². The normalized spacial score (nSPS) is 11.5. The molecule has 6 nitrogen and oxygen atoms in total. The van der Waals surface area contributed by atoms with Gasteiger partial charge in [0.15, 0.2) is 17.5 Å². The van der Waals surface area contributed by atoms with Crippen LogP contribution < -0.4 is 5.56 Å². The van der Waals surface area contributed by atoms with Crippen molar-refractivity contribution in [2.45, 2.75) is 0 Å². The van der Waals surface area contributed by atoms with E-state index in [0.29, 0.717) is 28.7 Å². The standard InChI is InChI=1S/C41H25N5O/c47-41-34-23-12-9-20-30(34)31-24-13-25-35-36(31)46(41)40(42-35)33-22-11-8-19-29(33)28-18-7-10-21-32(28)39-44-37(26-14-3-1-4-15-26)43-38(45-39)27-16-5-2-6-17-27/h1-25H. The number of aromatic nitrogens is 5. The maximum atomic E-state index is 14.1. The fourth-order valence-electron chi connectivity index (χ4n) is 6.50. The van der Waals surface area contributed by atoms with Gasteiger partial charge in [-0.15, -0.1) is 0 Å². The van der Waals surface area contributed by atoms with Gasteiger partial charge in [-0.05, 0) is 28.6 Å². The number of pyridine rings is 1. The summed E-state index contributed by atoms with van der Waals surface area (Å²) in [5.41, 5.74) is 6.87. The zero-order valence-corrected chi connectivity index (χ0v) is 25.1. The molecule has 0 bridgehead atoms. The molecule has 0 N–H and O–H groups in total. The molecule has 9 aromatic rings. The van der Waals surface area contributed by atoms with Gasteiger partial charge in [0.05, 0.1) is 11.0 Å². The molecule has 0 aliphatic rings. The van der Waals surface area contributed by atoms with Crippen molar-refractivity contribution in [3.05, 3.63) is 162 Å². The summed E-state index contributed by atoms with van der Waals surface area (Å²) in [5.74, 6) is 2.35. The number of fused-ring (bicyclic) bond motifs is 2. The van der Waals surface area contributed by atoms with Crippen molar-refractivity contribution in [3.8, 4) is 56.7 Å². The van der Waals surface area contributed by atoms with E-state index >= 15 is 0 Å². The van der Waals surface area contributed by atoms with Crippen molar-refractivity contribution < 1.29 is 0 Å². The van der Waals surface area contributed by atoms with Crippen molar-refractivity contribution in [2.24, 2.45) is 0 Å². The molecule has 47 heavy (non-hydrogen) atoms. The molecule has 0 fully saturated rings. The van der Waals surface area contributed by atoms with Crippen LogP contribution in [0.5, 0.6) is 0 Å². The Balaban J connectivity index is 1.30. The summed E-state index contributed by atoms with van der Waals surface area (Å²) in [6, 6.07) is 49.9. The van der Waals surface area contributed by atoms with Gasteiger partial charge in [-0.1, -0.05) is 140 Å². The minimum atomic E-state index is -0.0858. The third kappa shape index (κ3) is 4.38. The van der Waals surface area contributed by atoms with Gasteiger partial charge in [0.2, 0.25) is 0 Å². The largest absolute Gasteiger partial charge is 0.268 e. The van der Waals surface area contributed by atoms with Crippen LogP contribution in [0.3, 0.4) is 0 Å². The molecule has 6 heteroatoms. The predicted molar refractivity (Wildman–Crippen MR) is 188 cm³/mol. The minimum absolute atomic E-state index is 0.0858. The van der Waals surface area contributed by atoms with Crippen LogP contribution >= 0.6 is 0 Å². The molecule has 0 radical (unpaired) electrons. The molecule has 3 aromatic heterocycles. The number of hydrogen-bond donors (Lipinski definition) is 0. The average molecular weight is 604 g/mol. The Morgan fingerprint density at radius 1 is 0.383 bits per heavy atom. The topological polar surface area (TPSA) is 73.0 Å². The lowest BCUT2D eigenvalue weighted by Crippen LogP contribution is -2.14. The van der Waals surface area contributed by atoms with Crippen LogP contribution in [0, 0.1) is 0 Å². The lowest BCUT2D eigenvalue weighted by molar-refractivity contribution is 1.07. The molecule has 6 aromatic carbocycles. The van der Waals surface area contributed by atoms with Crippen molar-refractivity contribution in [1.29, 1.82) is 0 Å². The predicted octanol–water partition coefficient (Wildman–Crippen LogP) is 8.96. The zero-order valence-electron chi connectivity index (χ0n) is 25.1. The van der Waals surface area contributed by atoms with Crippen LogP contribution in [0.25, 0.3) is 83.9 Å². The van der Waals surface area contributed by atoms with Crippen LogP contribution in [0.1, 0.15) is 0 Å². The van der Waals surface area contributed by atoms with E-state index in [-0.39, 0.29) is 5.56 Å². The fraction of sp³-hybridized carbons (Fsp3) is 0. The van der Waals surface area contributed by atoms with Crippen LogP contribution in [-0.4, -0.2) is 24.3 Å².